The van der Waals surface area contributed by atoms with Crippen LogP contribution in [-0.2, 0) is 33.6 Å². The van der Waals surface area contributed by atoms with Crippen molar-refractivity contribution in [2.45, 2.75) is 8.45 Å². The van der Waals surface area contributed by atoms with Crippen LogP contribution in [0, 0.1) is 0 Å². The zero-order chi connectivity index (χ0) is 22.4. The number of carbonyl (C=O) groups excluding carboxylic acids is 2. The first-order chi connectivity index (χ1) is 16.3. The van der Waals surface area contributed by atoms with Crippen LogP contribution in [0.15, 0.2) is 97.1 Å². The van der Waals surface area contributed by atoms with Gasteiger partial charge in [-0.2, -0.15) is 0 Å². The number of fused-ring (bicyclic) bond motifs is 6. The first kappa shape index (κ1) is 20.2. The molecular weight excluding hydrogens is 448 g/mol. The van der Waals surface area contributed by atoms with Crippen molar-refractivity contribution in [3.63, 3.8) is 0 Å². The third-order valence-electron chi connectivity index (χ3n) is 6.94. The summed E-state index contributed by atoms with van der Waals surface area (Å²) in [6, 6.07) is 32.6. The van der Waals surface area contributed by atoms with Gasteiger partial charge in [-0.05, 0) is 0 Å². The van der Waals surface area contributed by atoms with Gasteiger partial charge in [0.15, 0.2) is 0 Å². The van der Waals surface area contributed by atoms with Gasteiger partial charge >= 0.3 is 197 Å². The van der Waals surface area contributed by atoms with E-state index in [1.807, 2.05) is 48.5 Å². The van der Waals surface area contributed by atoms with E-state index in [1.165, 1.54) is 0 Å². The maximum absolute atomic E-state index is 12.1. The van der Waals surface area contributed by atoms with E-state index in [9.17, 15) is 9.59 Å². The molecule has 160 valence electrons. The predicted molar refractivity (Wildman–Crippen MR) is 122 cm³/mol. The first-order valence-electron chi connectivity index (χ1n) is 10.9. The molecule has 0 saturated heterocycles. The Labute approximate surface area is 196 Å². The summed E-state index contributed by atoms with van der Waals surface area (Å²) < 4.78 is 11.6. The number of hydrogen-bond donors (Lipinski definition) is 0. The minimum absolute atomic E-state index is 0.308. The second kappa shape index (κ2) is 7.84. The molecule has 2 aliphatic rings. The molecule has 0 radical (unpaired) electrons. The van der Waals surface area contributed by atoms with E-state index in [0.717, 1.165) is 44.5 Å². The van der Waals surface area contributed by atoms with E-state index < -0.39 is 17.4 Å². The second-order valence-electron chi connectivity index (χ2n) is 8.36. The van der Waals surface area contributed by atoms with E-state index >= 15 is 0 Å². The van der Waals surface area contributed by atoms with Crippen LogP contribution < -0.4 is 0 Å². The molecule has 0 unspecified atom stereocenters. The Morgan fingerprint density at radius 3 is 1.03 bits per heavy atom. The van der Waals surface area contributed by atoms with Crippen molar-refractivity contribution < 1.29 is 33.6 Å². The molecule has 0 spiro atoms. The molecule has 2 aliphatic carbocycles. The van der Waals surface area contributed by atoms with Gasteiger partial charge in [0, 0.05) is 0 Å². The van der Waals surface area contributed by atoms with E-state index in [-0.39, 0.29) is 8.45 Å². The van der Waals surface area contributed by atoms with Crippen molar-refractivity contribution in [2.75, 3.05) is 0 Å². The van der Waals surface area contributed by atoms with Crippen molar-refractivity contribution >= 4 is 12.9 Å². The standard InChI is InChI=1S/2C13H9.2CH2O2.Ti/c2*1-3-7-12-10(5-1)9-11-6-2-4-8-13(11)12;2*2-1-3;/h2*1-9H;2*1H,(H,2,3);/q;;;;+2/p-2. The molecule has 6 rings (SSSR count). The van der Waals surface area contributed by atoms with Gasteiger partial charge in [0.1, 0.15) is 0 Å². The van der Waals surface area contributed by atoms with Crippen LogP contribution in [0.4, 0.5) is 0 Å². The Hall–Kier alpha value is -3.47. The van der Waals surface area contributed by atoms with Crippen LogP contribution in [-0.4, -0.2) is 12.9 Å². The van der Waals surface area contributed by atoms with Crippen LogP contribution in [0.1, 0.15) is 30.7 Å². The van der Waals surface area contributed by atoms with Gasteiger partial charge in [0.2, 0.25) is 0 Å². The van der Waals surface area contributed by atoms with Gasteiger partial charge in [0.05, 0.1) is 0 Å². The summed E-state index contributed by atoms with van der Waals surface area (Å²) in [5.41, 5.74) is 8.56. The average Bonchev–Trinajstić information content (AvgIpc) is 3.38. The first-order valence-corrected chi connectivity index (χ1v) is 14.0. The summed E-state index contributed by atoms with van der Waals surface area (Å²) in [5.74, 6) is 0. The average molecular weight is 468 g/mol. The zero-order valence-corrected chi connectivity index (χ0v) is 19.2. The molecule has 0 saturated carbocycles. The molecule has 4 aromatic carbocycles. The van der Waals surface area contributed by atoms with E-state index in [1.54, 1.807) is 0 Å². The van der Waals surface area contributed by atoms with Crippen LogP contribution in [0.5, 0.6) is 0 Å². The third kappa shape index (κ3) is 2.81. The molecule has 5 heteroatoms. The molecule has 0 bridgehead atoms. The molecular formula is C28H20O4Ti. The molecule has 0 aliphatic heterocycles. The summed E-state index contributed by atoms with van der Waals surface area (Å²) >= 11 is -4.39. The fourth-order valence-corrected chi connectivity index (χ4v) is 12.0. The Balaban J connectivity index is 1.69. The molecule has 0 N–H and O–H groups in total. The van der Waals surface area contributed by atoms with Gasteiger partial charge < -0.3 is 0 Å². The SMILES string of the molecule is O=C[O][Ti]([O]C=O)([CH]1c2ccccc2-c2ccccc21)[CH]1c2ccccc2-c2ccccc21. The predicted octanol–water partition coefficient (Wildman–Crippen LogP) is 5.86. The summed E-state index contributed by atoms with van der Waals surface area (Å²) in [5, 5.41) is 0. The summed E-state index contributed by atoms with van der Waals surface area (Å²) in [4.78, 5) is 24.2. The molecule has 33 heavy (non-hydrogen) atoms. The molecule has 0 amide bonds. The number of rotatable bonds is 6. The fourth-order valence-electron chi connectivity index (χ4n) is 5.80. The quantitative estimate of drug-likeness (QED) is 0.263. The summed E-state index contributed by atoms with van der Waals surface area (Å²) in [7, 11) is 0. The van der Waals surface area contributed by atoms with E-state index in [0.29, 0.717) is 12.9 Å². The fraction of sp³-hybridized carbons (Fsp3) is 0.0714. The van der Waals surface area contributed by atoms with Crippen molar-refractivity contribution in [2.24, 2.45) is 0 Å². The van der Waals surface area contributed by atoms with E-state index in [4.69, 9.17) is 6.64 Å². The molecule has 0 heterocycles. The molecule has 4 nitrogen and oxygen atoms in total. The molecule has 0 fully saturated rings. The molecule has 0 atom stereocenters. The second-order valence-corrected chi connectivity index (χ2v) is 13.2. The Kier molecular flexibility index (Phi) is 4.79. The minimum atomic E-state index is -4.39. The molecule has 0 aromatic heterocycles. The Morgan fingerprint density at radius 1 is 0.485 bits per heavy atom. The number of hydrogen-bond acceptors (Lipinski definition) is 4. The van der Waals surface area contributed by atoms with Crippen molar-refractivity contribution in [3.8, 4) is 22.3 Å². The van der Waals surface area contributed by atoms with Gasteiger partial charge in [-0.25, -0.2) is 0 Å². The van der Waals surface area contributed by atoms with Gasteiger partial charge in [-0.1, -0.05) is 0 Å². The zero-order valence-electron chi connectivity index (χ0n) is 17.7. The van der Waals surface area contributed by atoms with Gasteiger partial charge in [-0.15, -0.1) is 0 Å². The van der Waals surface area contributed by atoms with Crippen molar-refractivity contribution in [1.82, 2.24) is 0 Å². The normalized spacial score (nSPS) is 14.1. The van der Waals surface area contributed by atoms with E-state index in [2.05, 4.69) is 48.5 Å². The maximum atomic E-state index is 12.1. The molecule has 4 aromatic rings. The summed E-state index contributed by atoms with van der Waals surface area (Å²) in [6.45, 7) is 0.965. The van der Waals surface area contributed by atoms with Crippen LogP contribution >= 0.6 is 0 Å². The number of benzene rings is 4. The van der Waals surface area contributed by atoms with Crippen LogP contribution in [0.3, 0.4) is 0 Å². The topological polar surface area (TPSA) is 52.6 Å². The van der Waals surface area contributed by atoms with Gasteiger partial charge in [-0.3, -0.25) is 0 Å². The van der Waals surface area contributed by atoms with Crippen LogP contribution in [0.25, 0.3) is 22.3 Å². The van der Waals surface area contributed by atoms with Crippen molar-refractivity contribution in [3.05, 3.63) is 119 Å². The third-order valence-corrected chi connectivity index (χ3v) is 12.8. The monoisotopic (exact) mass is 468 g/mol. The van der Waals surface area contributed by atoms with Crippen LogP contribution in [0.2, 0.25) is 0 Å². The summed E-state index contributed by atoms with van der Waals surface area (Å²) in [6.07, 6.45) is 0. The Bertz CT molecular complexity index is 1200. The van der Waals surface area contributed by atoms with Crippen molar-refractivity contribution in [1.29, 1.82) is 0 Å². The Morgan fingerprint density at radius 2 is 0.758 bits per heavy atom. The number of carbonyl (C=O) groups is 2. The van der Waals surface area contributed by atoms with Gasteiger partial charge in [0.25, 0.3) is 0 Å².